The van der Waals surface area contributed by atoms with Crippen LogP contribution in [0.5, 0.6) is 0 Å². The second-order valence-electron chi connectivity index (χ2n) is 6.57. The number of benzene rings is 2. The molecule has 4 N–H and O–H groups in total. The van der Waals surface area contributed by atoms with E-state index >= 15 is 0 Å². The minimum absolute atomic E-state index is 0.0201. The molecule has 3 rings (SSSR count). The third-order valence-electron chi connectivity index (χ3n) is 4.47. The number of anilines is 2. The highest BCUT2D eigenvalue weighted by molar-refractivity contribution is 9.10. The lowest BCUT2D eigenvalue weighted by atomic mass is 10.0. The first-order chi connectivity index (χ1) is 13.4. The average Bonchev–Trinajstić information content (AvgIpc) is 3.07. The molecule has 0 radical (unpaired) electrons. The first-order valence-corrected chi connectivity index (χ1v) is 9.73. The summed E-state index contributed by atoms with van der Waals surface area (Å²) in [5.74, 6) is -0.188. The van der Waals surface area contributed by atoms with E-state index in [1.165, 1.54) is 0 Å². The third-order valence-corrected chi connectivity index (χ3v) is 4.97. The van der Waals surface area contributed by atoms with Gasteiger partial charge in [-0.25, -0.2) is 4.79 Å². The first kappa shape index (κ1) is 19.9. The minimum Gasteiger partial charge on any atom is -0.352 e. The number of nitrogens with one attached hydrogen (secondary N) is 2. The van der Waals surface area contributed by atoms with E-state index < -0.39 is 12.1 Å². The Kier molecular flexibility index (Phi) is 6.30. The molecule has 146 valence electrons. The van der Waals surface area contributed by atoms with Crippen molar-refractivity contribution in [2.75, 3.05) is 16.8 Å². The van der Waals surface area contributed by atoms with Gasteiger partial charge in [0.25, 0.3) is 0 Å². The summed E-state index contributed by atoms with van der Waals surface area (Å²) in [5.41, 5.74) is 7.39. The van der Waals surface area contributed by atoms with Crippen molar-refractivity contribution in [2.24, 2.45) is 5.73 Å². The Balaban J connectivity index is 1.71. The van der Waals surface area contributed by atoms with Crippen molar-refractivity contribution < 1.29 is 14.4 Å². The Hall–Kier alpha value is -2.87. The normalized spacial score (nSPS) is 14.6. The average molecular weight is 445 g/mol. The summed E-state index contributed by atoms with van der Waals surface area (Å²) < 4.78 is 0.838. The molecule has 0 bridgehead atoms. The van der Waals surface area contributed by atoms with Gasteiger partial charge in [-0.1, -0.05) is 34.1 Å². The number of hydrogen-bond acceptors (Lipinski definition) is 3. The summed E-state index contributed by atoms with van der Waals surface area (Å²) in [6, 6.07) is 13.2. The van der Waals surface area contributed by atoms with Crippen molar-refractivity contribution in [1.29, 1.82) is 0 Å². The van der Waals surface area contributed by atoms with Crippen LogP contribution < -0.4 is 21.3 Å². The van der Waals surface area contributed by atoms with Crippen LogP contribution in [0, 0.1) is 0 Å². The first-order valence-electron chi connectivity index (χ1n) is 8.94. The number of urea groups is 1. The molecule has 1 fully saturated rings. The lowest BCUT2D eigenvalue weighted by molar-refractivity contribution is -0.117. The standard InChI is InChI=1S/C20H21BrN4O3/c21-14-5-1-4-13(10-14)17(24-20(22)28)12-18(26)23-15-6-2-7-16(11-15)25-9-3-8-19(25)27/h1-2,4-7,10-11,17H,3,8-9,12H2,(H,23,26)(H3,22,24,28). The van der Waals surface area contributed by atoms with E-state index in [0.717, 1.165) is 22.1 Å². The molecule has 1 unspecified atom stereocenters. The molecule has 7 nitrogen and oxygen atoms in total. The zero-order chi connectivity index (χ0) is 20.1. The number of amides is 4. The van der Waals surface area contributed by atoms with Crippen molar-refractivity contribution in [3.8, 4) is 0 Å². The van der Waals surface area contributed by atoms with E-state index in [4.69, 9.17) is 5.73 Å². The molecule has 1 atom stereocenters. The van der Waals surface area contributed by atoms with E-state index in [1.54, 1.807) is 23.1 Å². The number of carbonyl (C=O) groups excluding carboxylic acids is 3. The fourth-order valence-corrected chi connectivity index (χ4v) is 3.63. The van der Waals surface area contributed by atoms with Crippen molar-refractivity contribution in [3.05, 3.63) is 58.6 Å². The van der Waals surface area contributed by atoms with Crippen molar-refractivity contribution >= 4 is 45.2 Å². The van der Waals surface area contributed by atoms with Gasteiger partial charge in [0.1, 0.15) is 0 Å². The van der Waals surface area contributed by atoms with Gasteiger partial charge >= 0.3 is 6.03 Å². The summed E-state index contributed by atoms with van der Waals surface area (Å²) in [4.78, 5) is 37.6. The third kappa shape index (κ3) is 5.10. The molecule has 2 aromatic carbocycles. The molecular formula is C20H21BrN4O3. The summed E-state index contributed by atoms with van der Waals surface area (Å²) in [7, 11) is 0. The predicted molar refractivity (Wildman–Crippen MR) is 111 cm³/mol. The van der Waals surface area contributed by atoms with Gasteiger partial charge in [0.05, 0.1) is 12.5 Å². The van der Waals surface area contributed by atoms with Gasteiger partial charge in [0, 0.05) is 28.8 Å². The molecule has 1 saturated heterocycles. The van der Waals surface area contributed by atoms with Crippen LogP contribution >= 0.6 is 15.9 Å². The van der Waals surface area contributed by atoms with Crippen molar-refractivity contribution in [3.63, 3.8) is 0 Å². The van der Waals surface area contributed by atoms with Gasteiger partial charge < -0.3 is 21.3 Å². The van der Waals surface area contributed by atoms with E-state index in [2.05, 4.69) is 26.6 Å². The molecule has 0 aromatic heterocycles. The molecule has 2 aromatic rings. The van der Waals surface area contributed by atoms with Crippen molar-refractivity contribution in [1.82, 2.24) is 5.32 Å². The van der Waals surface area contributed by atoms with Crippen LogP contribution in [0.2, 0.25) is 0 Å². The molecule has 0 aliphatic carbocycles. The molecule has 4 amide bonds. The largest absolute Gasteiger partial charge is 0.352 e. The molecule has 28 heavy (non-hydrogen) atoms. The molecule has 1 heterocycles. The second kappa shape index (κ2) is 8.88. The number of hydrogen-bond donors (Lipinski definition) is 3. The number of primary amides is 1. The Labute approximate surface area is 171 Å². The Morgan fingerprint density at radius 1 is 1.18 bits per heavy atom. The quantitative estimate of drug-likeness (QED) is 0.636. The van der Waals surface area contributed by atoms with E-state index in [-0.39, 0.29) is 18.2 Å². The summed E-state index contributed by atoms with van der Waals surface area (Å²) in [6.07, 6.45) is 1.40. The second-order valence-corrected chi connectivity index (χ2v) is 7.48. The van der Waals surface area contributed by atoms with Gasteiger partial charge in [-0.15, -0.1) is 0 Å². The number of carbonyl (C=O) groups is 3. The SMILES string of the molecule is NC(=O)NC(CC(=O)Nc1cccc(N2CCCC2=O)c1)c1cccc(Br)c1. The van der Waals surface area contributed by atoms with Gasteiger partial charge in [0.15, 0.2) is 0 Å². The number of rotatable bonds is 6. The fourth-order valence-electron chi connectivity index (χ4n) is 3.22. The van der Waals surface area contributed by atoms with Crippen LogP contribution in [-0.4, -0.2) is 24.4 Å². The predicted octanol–water partition coefficient (Wildman–Crippen LogP) is 3.31. The maximum atomic E-state index is 12.6. The van der Waals surface area contributed by atoms with Gasteiger partial charge in [-0.05, 0) is 42.3 Å². The van der Waals surface area contributed by atoms with E-state index in [9.17, 15) is 14.4 Å². The summed E-state index contributed by atoms with van der Waals surface area (Å²) in [5, 5.41) is 5.43. The van der Waals surface area contributed by atoms with Crippen LogP contribution in [0.25, 0.3) is 0 Å². The summed E-state index contributed by atoms with van der Waals surface area (Å²) in [6.45, 7) is 0.684. The van der Waals surface area contributed by atoms with Crippen LogP contribution in [0.4, 0.5) is 16.2 Å². The molecule has 1 aliphatic rings. The maximum absolute atomic E-state index is 12.6. The van der Waals surface area contributed by atoms with E-state index in [0.29, 0.717) is 18.7 Å². The monoisotopic (exact) mass is 444 g/mol. The number of nitrogens with two attached hydrogens (primary N) is 1. The molecule has 0 saturated carbocycles. The zero-order valence-electron chi connectivity index (χ0n) is 15.2. The van der Waals surface area contributed by atoms with Gasteiger partial charge in [-0.2, -0.15) is 0 Å². The molecule has 8 heteroatoms. The van der Waals surface area contributed by atoms with Gasteiger partial charge in [-0.3, -0.25) is 9.59 Å². The lowest BCUT2D eigenvalue weighted by Crippen LogP contribution is -2.35. The Morgan fingerprint density at radius 3 is 2.64 bits per heavy atom. The molecule has 1 aliphatic heterocycles. The highest BCUT2D eigenvalue weighted by Gasteiger charge is 2.22. The van der Waals surface area contributed by atoms with Crippen LogP contribution in [0.15, 0.2) is 53.0 Å². The zero-order valence-corrected chi connectivity index (χ0v) is 16.7. The minimum atomic E-state index is -0.702. The van der Waals surface area contributed by atoms with Crippen LogP contribution in [0.1, 0.15) is 30.9 Å². The summed E-state index contributed by atoms with van der Waals surface area (Å²) >= 11 is 3.39. The lowest BCUT2D eigenvalue weighted by Gasteiger charge is -2.19. The smallest absolute Gasteiger partial charge is 0.312 e. The number of nitrogens with zero attached hydrogens (tertiary/aromatic N) is 1. The van der Waals surface area contributed by atoms with Gasteiger partial charge in [0.2, 0.25) is 11.8 Å². The highest BCUT2D eigenvalue weighted by Crippen LogP contribution is 2.25. The Morgan fingerprint density at radius 2 is 1.96 bits per heavy atom. The Bertz CT molecular complexity index is 903. The van der Waals surface area contributed by atoms with E-state index in [1.807, 2.05) is 30.3 Å². The maximum Gasteiger partial charge on any atom is 0.312 e. The fraction of sp³-hybridized carbons (Fsp3) is 0.250. The molecule has 0 spiro atoms. The van der Waals surface area contributed by atoms with Crippen LogP contribution in [-0.2, 0) is 9.59 Å². The molecular weight excluding hydrogens is 424 g/mol. The topological polar surface area (TPSA) is 105 Å². The van der Waals surface area contributed by atoms with Crippen LogP contribution in [0.3, 0.4) is 0 Å². The number of halogens is 1. The van der Waals surface area contributed by atoms with Crippen molar-refractivity contribution in [2.45, 2.75) is 25.3 Å². The highest BCUT2D eigenvalue weighted by atomic mass is 79.9.